The molecule has 2 nitrogen and oxygen atoms in total. The number of hydrogen-bond acceptors (Lipinski definition) is 2. The number of hydrogen-bond donors (Lipinski definition) is 0. The quantitative estimate of drug-likeness (QED) is 0.744. The van der Waals surface area contributed by atoms with Crippen LogP contribution in [-0.4, -0.2) is 22.8 Å². The fourth-order valence-corrected chi connectivity index (χ4v) is 4.63. The lowest BCUT2D eigenvalue weighted by Crippen LogP contribution is -2.52. The molecule has 0 aliphatic carbocycles. The minimum absolute atomic E-state index is 0.00522. The predicted molar refractivity (Wildman–Crippen MR) is 96.9 cm³/mol. The van der Waals surface area contributed by atoms with Crippen molar-refractivity contribution in [2.45, 2.75) is 50.7 Å². The molecule has 2 saturated heterocycles. The van der Waals surface area contributed by atoms with Crippen molar-refractivity contribution in [2.75, 3.05) is 0 Å². The molecular weight excluding hydrogens is 313 g/mol. The highest BCUT2D eigenvalue weighted by atomic mass is 19.1. The highest BCUT2D eigenvalue weighted by Gasteiger charge is 2.40. The van der Waals surface area contributed by atoms with E-state index in [2.05, 4.69) is 29.2 Å². The third kappa shape index (κ3) is 3.38. The molecular formula is C22H24FNO. The molecule has 25 heavy (non-hydrogen) atoms. The van der Waals surface area contributed by atoms with Gasteiger partial charge >= 0.3 is 0 Å². The summed E-state index contributed by atoms with van der Waals surface area (Å²) in [4.78, 5) is 15.4. The van der Waals surface area contributed by atoms with E-state index in [1.54, 1.807) is 18.2 Å². The molecule has 2 unspecified atom stereocenters. The Kier molecular flexibility index (Phi) is 4.67. The van der Waals surface area contributed by atoms with Gasteiger partial charge in [-0.25, -0.2) is 4.39 Å². The second-order valence-electron chi connectivity index (χ2n) is 7.41. The molecule has 2 atom stereocenters. The SMILES string of the molecule is O=C(c1ccccc1F)C1CC2CCCC(C1)N2Cc1ccccc1. The van der Waals surface area contributed by atoms with Crippen LogP contribution in [-0.2, 0) is 6.54 Å². The number of rotatable bonds is 4. The van der Waals surface area contributed by atoms with Gasteiger partial charge in [-0.05, 0) is 43.4 Å². The zero-order valence-electron chi connectivity index (χ0n) is 14.4. The van der Waals surface area contributed by atoms with Gasteiger partial charge < -0.3 is 0 Å². The smallest absolute Gasteiger partial charge is 0.169 e. The average Bonchev–Trinajstić information content (AvgIpc) is 2.62. The minimum atomic E-state index is -0.385. The van der Waals surface area contributed by atoms with Gasteiger partial charge in [0.05, 0.1) is 5.56 Å². The van der Waals surface area contributed by atoms with Crippen LogP contribution in [0.4, 0.5) is 4.39 Å². The van der Waals surface area contributed by atoms with Crippen LogP contribution in [0.2, 0.25) is 0 Å². The summed E-state index contributed by atoms with van der Waals surface area (Å²) in [6.45, 7) is 0.955. The van der Waals surface area contributed by atoms with Gasteiger partial charge in [0.25, 0.3) is 0 Å². The summed E-state index contributed by atoms with van der Waals surface area (Å²) in [6.07, 6.45) is 5.24. The molecule has 4 rings (SSSR count). The number of fused-ring (bicyclic) bond motifs is 2. The largest absolute Gasteiger partial charge is 0.294 e. The molecule has 2 fully saturated rings. The zero-order chi connectivity index (χ0) is 17.2. The first-order chi connectivity index (χ1) is 12.2. The number of ketones is 1. The van der Waals surface area contributed by atoms with Crippen molar-refractivity contribution in [3.63, 3.8) is 0 Å². The Labute approximate surface area is 148 Å². The Morgan fingerprint density at radius 1 is 0.960 bits per heavy atom. The third-order valence-electron chi connectivity index (χ3n) is 5.84. The second kappa shape index (κ2) is 7.09. The molecule has 0 amide bonds. The van der Waals surface area contributed by atoms with Crippen molar-refractivity contribution in [2.24, 2.45) is 5.92 Å². The number of halogens is 1. The topological polar surface area (TPSA) is 20.3 Å². The van der Waals surface area contributed by atoms with Crippen molar-refractivity contribution in [1.29, 1.82) is 0 Å². The summed E-state index contributed by atoms with van der Waals surface area (Å²) in [5.41, 5.74) is 1.60. The molecule has 130 valence electrons. The van der Waals surface area contributed by atoms with Crippen LogP contribution in [0.1, 0.15) is 48.0 Å². The molecule has 0 aromatic heterocycles. The lowest BCUT2D eigenvalue weighted by atomic mass is 9.75. The summed E-state index contributed by atoms with van der Waals surface area (Å²) in [5, 5.41) is 0. The first kappa shape index (κ1) is 16.5. The molecule has 0 saturated carbocycles. The van der Waals surface area contributed by atoms with E-state index in [0.29, 0.717) is 12.1 Å². The van der Waals surface area contributed by atoms with Crippen LogP contribution in [0.15, 0.2) is 54.6 Å². The molecule has 2 aromatic rings. The van der Waals surface area contributed by atoms with Gasteiger partial charge in [-0.15, -0.1) is 0 Å². The van der Waals surface area contributed by atoms with E-state index in [1.165, 1.54) is 18.1 Å². The van der Waals surface area contributed by atoms with E-state index in [9.17, 15) is 9.18 Å². The number of carbonyl (C=O) groups excluding carboxylic acids is 1. The van der Waals surface area contributed by atoms with E-state index in [1.807, 2.05) is 6.07 Å². The number of Topliss-reactive ketones (excluding diaryl/α,β-unsaturated/α-hetero) is 1. The van der Waals surface area contributed by atoms with Crippen LogP contribution < -0.4 is 0 Å². The van der Waals surface area contributed by atoms with Crippen molar-refractivity contribution < 1.29 is 9.18 Å². The van der Waals surface area contributed by atoms with Crippen LogP contribution in [0.3, 0.4) is 0 Å². The summed E-state index contributed by atoms with van der Waals surface area (Å²) >= 11 is 0. The van der Waals surface area contributed by atoms with E-state index < -0.39 is 0 Å². The van der Waals surface area contributed by atoms with Gasteiger partial charge in [0.1, 0.15) is 5.82 Å². The Morgan fingerprint density at radius 3 is 2.28 bits per heavy atom. The summed E-state index contributed by atoms with van der Waals surface area (Å²) in [6, 6.07) is 17.8. The highest BCUT2D eigenvalue weighted by Crippen LogP contribution is 2.39. The van der Waals surface area contributed by atoms with Crippen LogP contribution in [0.25, 0.3) is 0 Å². The first-order valence-electron chi connectivity index (χ1n) is 9.31. The molecule has 2 aromatic carbocycles. The van der Waals surface area contributed by atoms with Crippen LogP contribution in [0, 0.1) is 11.7 Å². The molecule has 2 aliphatic rings. The molecule has 0 spiro atoms. The maximum Gasteiger partial charge on any atom is 0.169 e. The summed E-state index contributed by atoms with van der Waals surface area (Å²) in [5.74, 6) is -0.432. The Hall–Kier alpha value is -2.00. The van der Waals surface area contributed by atoms with Crippen molar-refractivity contribution in [3.05, 3.63) is 71.5 Å². The molecule has 0 radical (unpaired) electrons. The molecule has 2 heterocycles. The Balaban J connectivity index is 1.51. The number of benzene rings is 2. The van der Waals surface area contributed by atoms with Gasteiger partial charge in [-0.2, -0.15) is 0 Å². The summed E-state index contributed by atoms with van der Waals surface area (Å²) < 4.78 is 14.0. The monoisotopic (exact) mass is 337 g/mol. The van der Waals surface area contributed by atoms with Gasteiger partial charge in [0.2, 0.25) is 0 Å². The fourth-order valence-electron chi connectivity index (χ4n) is 4.63. The minimum Gasteiger partial charge on any atom is -0.294 e. The Morgan fingerprint density at radius 2 is 1.60 bits per heavy atom. The van der Waals surface area contributed by atoms with Crippen molar-refractivity contribution in [3.8, 4) is 0 Å². The van der Waals surface area contributed by atoms with Gasteiger partial charge in [0.15, 0.2) is 5.78 Å². The average molecular weight is 337 g/mol. The van der Waals surface area contributed by atoms with E-state index in [4.69, 9.17) is 0 Å². The molecule has 2 bridgehead atoms. The third-order valence-corrected chi connectivity index (χ3v) is 5.84. The maximum atomic E-state index is 14.0. The van der Waals surface area contributed by atoms with Gasteiger partial charge in [-0.3, -0.25) is 9.69 Å². The van der Waals surface area contributed by atoms with Crippen LogP contribution >= 0.6 is 0 Å². The van der Waals surface area contributed by atoms with Crippen LogP contribution in [0.5, 0.6) is 0 Å². The number of piperidine rings is 2. The van der Waals surface area contributed by atoms with E-state index >= 15 is 0 Å². The molecule has 3 heteroatoms. The zero-order valence-corrected chi connectivity index (χ0v) is 14.4. The molecule has 0 N–H and O–H groups in total. The van der Waals surface area contributed by atoms with E-state index in [-0.39, 0.29) is 23.1 Å². The van der Waals surface area contributed by atoms with Gasteiger partial charge in [0, 0.05) is 24.5 Å². The van der Waals surface area contributed by atoms with Crippen molar-refractivity contribution in [1.82, 2.24) is 4.90 Å². The Bertz CT molecular complexity index is 731. The first-order valence-corrected chi connectivity index (χ1v) is 9.31. The second-order valence-corrected chi connectivity index (χ2v) is 7.41. The lowest BCUT2D eigenvalue weighted by Gasteiger charge is -2.48. The number of carbonyl (C=O) groups is 1. The lowest BCUT2D eigenvalue weighted by molar-refractivity contribution is 0.00895. The fraction of sp³-hybridized carbons (Fsp3) is 0.409. The highest BCUT2D eigenvalue weighted by molar-refractivity contribution is 5.98. The van der Waals surface area contributed by atoms with Gasteiger partial charge in [-0.1, -0.05) is 48.9 Å². The van der Waals surface area contributed by atoms with E-state index in [0.717, 1.165) is 32.2 Å². The maximum absolute atomic E-state index is 14.0. The normalized spacial score (nSPS) is 26.4. The molecule has 2 aliphatic heterocycles. The standard InChI is InChI=1S/C22H24FNO/c23-21-12-5-4-11-20(21)22(25)17-13-18-9-6-10-19(14-17)24(18)15-16-7-2-1-3-8-16/h1-5,7-8,11-12,17-19H,6,9-10,13-15H2. The predicted octanol–water partition coefficient (Wildman–Crippen LogP) is 4.84. The van der Waals surface area contributed by atoms with Crippen molar-refractivity contribution >= 4 is 5.78 Å². The summed E-state index contributed by atoms with van der Waals surface area (Å²) in [7, 11) is 0. The number of nitrogens with zero attached hydrogens (tertiary/aromatic N) is 1.